The maximum atomic E-state index is 13.3. The van der Waals surface area contributed by atoms with Crippen LogP contribution in [-0.4, -0.2) is 70.4 Å². The third-order valence-corrected chi connectivity index (χ3v) is 6.26. The second kappa shape index (κ2) is 9.50. The number of carbonyl (C=O) groups is 2. The van der Waals surface area contributed by atoms with E-state index in [9.17, 15) is 9.59 Å². The van der Waals surface area contributed by atoms with Crippen LogP contribution < -0.4 is 4.74 Å². The molecule has 0 bridgehead atoms. The maximum Gasteiger partial charge on any atom is 0.254 e. The Kier molecular flexibility index (Phi) is 6.10. The van der Waals surface area contributed by atoms with E-state index in [-0.39, 0.29) is 5.91 Å². The summed E-state index contributed by atoms with van der Waals surface area (Å²) in [5, 5.41) is 0.893. The van der Waals surface area contributed by atoms with Crippen LogP contribution in [0, 0.1) is 6.92 Å². The molecule has 0 unspecified atom stereocenters. The number of rotatable bonds is 5. The van der Waals surface area contributed by atoms with E-state index >= 15 is 0 Å². The van der Waals surface area contributed by atoms with E-state index in [1.807, 2.05) is 49.4 Å². The summed E-state index contributed by atoms with van der Waals surface area (Å²) in [5.41, 5.74) is 5.97. The molecule has 5 rings (SSSR count). The molecule has 3 heterocycles. The van der Waals surface area contributed by atoms with Crippen LogP contribution >= 0.6 is 0 Å². The number of aromatic nitrogens is 3. The topological polar surface area (TPSA) is 88.5 Å². The zero-order valence-corrected chi connectivity index (χ0v) is 19.6. The molecular weight excluding hydrogens is 442 g/mol. The first-order chi connectivity index (χ1) is 17.1. The van der Waals surface area contributed by atoms with Gasteiger partial charge in [0.25, 0.3) is 5.91 Å². The maximum absolute atomic E-state index is 13.3. The number of aryl methyl sites for hydroxylation is 1. The van der Waals surface area contributed by atoms with Gasteiger partial charge in [-0.25, -0.2) is 15.0 Å². The zero-order chi connectivity index (χ0) is 24.4. The molecule has 8 nitrogen and oxygen atoms in total. The van der Waals surface area contributed by atoms with Crippen LogP contribution in [0.25, 0.3) is 33.3 Å². The first-order valence-electron chi connectivity index (χ1n) is 11.4. The van der Waals surface area contributed by atoms with Gasteiger partial charge in [-0.15, -0.1) is 0 Å². The van der Waals surface area contributed by atoms with Gasteiger partial charge < -0.3 is 14.5 Å². The minimum absolute atomic E-state index is 0.0381. The van der Waals surface area contributed by atoms with Gasteiger partial charge in [0.15, 0.2) is 0 Å². The Morgan fingerprint density at radius 2 is 1.71 bits per heavy atom. The van der Waals surface area contributed by atoms with Gasteiger partial charge in [0.05, 0.1) is 18.3 Å². The number of nitrogens with zero attached hydrogens (tertiary/aromatic N) is 5. The van der Waals surface area contributed by atoms with Crippen LogP contribution in [0.15, 0.2) is 61.1 Å². The van der Waals surface area contributed by atoms with Crippen molar-refractivity contribution >= 4 is 23.2 Å². The number of fused-ring (bicyclic) bond motifs is 1. The van der Waals surface area contributed by atoms with Crippen LogP contribution in [0.1, 0.15) is 15.9 Å². The second-order valence-corrected chi connectivity index (χ2v) is 8.56. The fourth-order valence-corrected chi connectivity index (χ4v) is 4.39. The number of ether oxygens (including phenoxy) is 1. The lowest BCUT2D eigenvalue weighted by molar-refractivity contribution is -0.119. The average Bonchev–Trinajstić information content (AvgIpc) is 2.91. The highest BCUT2D eigenvalue weighted by Crippen LogP contribution is 2.31. The number of methoxy groups -OCH3 is 1. The van der Waals surface area contributed by atoms with Crippen molar-refractivity contribution in [1.82, 2.24) is 24.8 Å². The fraction of sp³-hybridized carbons (Fsp3) is 0.222. The Morgan fingerprint density at radius 1 is 0.914 bits per heavy atom. The summed E-state index contributed by atoms with van der Waals surface area (Å²) in [4.78, 5) is 41.1. The SMILES string of the molecule is COc1ccc(-c2ccc3ncnc(-c4cc(C)cc(C(=O)N5CCN(C=O)CC5)c4)c3c2)cn1. The fourth-order valence-electron chi connectivity index (χ4n) is 4.39. The second-order valence-electron chi connectivity index (χ2n) is 8.56. The minimum Gasteiger partial charge on any atom is -0.481 e. The van der Waals surface area contributed by atoms with Gasteiger partial charge in [0.1, 0.15) is 6.33 Å². The number of piperazine rings is 1. The van der Waals surface area contributed by atoms with Crippen LogP contribution in [0.3, 0.4) is 0 Å². The van der Waals surface area contributed by atoms with Crippen molar-refractivity contribution in [2.24, 2.45) is 0 Å². The third kappa shape index (κ3) is 4.55. The first-order valence-corrected chi connectivity index (χ1v) is 11.4. The van der Waals surface area contributed by atoms with E-state index in [1.54, 1.807) is 29.4 Å². The highest BCUT2D eigenvalue weighted by molar-refractivity contribution is 5.99. The van der Waals surface area contributed by atoms with Crippen molar-refractivity contribution < 1.29 is 14.3 Å². The van der Waals surface area contributed by atoms with Crippen molar-refractivity contribution in [1.29, 1.82) is 0 Å². The summed E-state index contributed by atoms with van der Waals surface area (Å²) in [5.74, 6) is 0.520. The van der Waals surface area contributed by atoms with Crippen molar-refractivity contribution in [2.45, 2.75) is 6.92 Å². The van der Waals surface area contributed by atoms with Crippen LogP contribution in [0.2, 0.25) is 0 Å². The van der Waals surface area contributed by atoms with Crippen LogP contribution in [-0.2, 0) is 4.79 Å². The molecule has 0 saturated carbocycles. The number of hydrogen-bond acceptors (Lipinski definition) is 6. The quantitative estimate of drug-likeness (QED) is 0.417. The molecule has 2 amide bonds. The summed E-state index contributed by atoms with van der Waals surface area (Å²) >= 11 is 0. The Balaban J connectivity index is 1.52. The predicted molar refractivity (Wildman–Crippen MR) is 133 cm³/mol. The Hall–Kier alpha value is -4.33. The summed E-state index contributed by atoms with van der Waals surface area (Å²) in [6.45, 7) is 4.12. The van der Waals surface area contributed by atoms with Gasteiger partial charge in [0, 0.05) is 60.5 Å². The lowest BCUT2D eigenvalue weighted by atomic mass is 9.98. The molecule has 1 aliphatic rings. The van der Waals surface area contributed by atoms with E-state index in [4.69, 9.17) is 4.74 Å². The van der Waals surface area contributed by atoms with Gasteiger partial charge in [-0.3, -0.25) is 9.59 Å². The largest absolute Gasteiger partial charge is 0.481 e. The number of amides is 2. The van der Waals surface area contributed by atoms with Crippen LogP contribution in [0.5, 0.6) is 5.88 Å². The Morgan fingerprint density at radius 3 is 2.43 bits per heavy atom. The molecule has 0 N–H and O–H groups in total. The van der Waals surface area contributed by atoms with E-state index in [1.165, 1.54) is 0 Å². The van der Waals surface area contributed by atoms with Gasteiger partial charge in [-0.05, 0) is 54.4 Å². The van der Waals surface area contributed by atoms with Crippen LogP contribution in [0.4, 0.5) is 0 Å². The molecule has 1 aliphatic heterocycles. The minimum atomic E-state index is -0.0381. The predicted octanol–water partition coefficient (Wildman–Crippen LogP) is 3.59. The monoisotopic (exact) mass is 467 g/mol. The van der Waals surface area contributed by atoms with E-state index in [0.29, 0.717) is 37.6 Å². The molecule has 176 valence electrons. The zero-order valence-electron chi connectivity index (χ0n) is 19.6. The Labute approximate surface area is 203 Å². The molecule has 1 fully saturated rings. The summed E-state index contributed by atoms with van der Waals surface area (Å²) < 4.78 is 5.17. The number of carbonyl (C=O) groups excluding carboxylic acids is 2. The lowest BCUT2D eigenvalue weighted by Gasteiger charge is -2.32. The molecule has 0 aliphatic carbocycles. The van der Waals surface area contributed by atoms with Gasteiger partial charge in [-0.1, -0.05) is 6.07 Å². The molecule has 2 aromatic heterocycles. The molecule has 35 heavy (non-hydrogen) atoms. The smallest absolute Gasteiger partial charge is 0.254 e. The third-order valence-electron chi connectivity index (χ3n) is 6.26. The summed E-state index contributed by atoms with van der Waals surface area (Å²) in [7, 11) is 1.59. The average molecular weight is 468 g/mol. The van der Waals surface area contributed by atoms with E-state index in [0.717, 1.165) is 45.3 Å². The Bertz CT molecular complexity index is 1400. The molecule has 1 saturated heterocycles. The summed E-state index contributed by atoms with van der Waals surface area (Å²) in [6, 6.07) is 15.6. The normalized spacial score (nSPS) is 13.7. The van der Waals surface area contributed by atoms with E-state index in [2.05, 4.69) is 21.0 Å². The highest BCUT2D eigenvalue weighted by atomic mass is 16.5. The standard InChI is InChI=1S/C27H25N5O3/c1-18-11-21(13-22(12-18)27(34)32-9-7-31(17-33)8-10-32)26-23-14-19(3-5-24(23)29-16-30-26)20-4-6-25(35-2)28-15-20/h3-6,11-17H,7-10H2,1-2H3. The number of hydrogen-bond donors (Lipinski definition) is 0. The lowest BCUT2D eigenvalue weighted by Crippen LogP contribution is -2.48. The van der Waals surface area contributed by atoms with Crippen molar-refractivity contribution in [3.05, 3.63) is 72.2 Å². The molecule has 0 spiro atoms. The van der Waals surface area contributed by atoms with Gasteiger partial charge in [0.2, 0.25) is 12.3 Å². The van der Waals surface area contributed by atoms with Crippen molar-refractivity contribution in [2.75, 3.05) is 33.3 Å². The number of benzene rings is 2. The molecule has 4 aromatic rings. The van der Waals surface area contributed by atoms with E-state index < -0.39 is 0 Å². The van der Waals surface area contributed by atoms with Crippen molar-refractivity contribution in [3.8, 4) is 28.3 Å². The van der Waals surface area contributed by atoms with Crippen molar-refractivity contribution in [3.63, 3.8) is 0 Å². The molecular formula is C27H25N5O3. The number of pyridine rings is 1. The van der Waals surface area contributed by atoms with Gasteiger partial charge in [-0.2, -0.15) is 0 Å². The molecule has 2 aromatic carbocycles. The molecule has 8 heteroatoms. The van der Waals surface area contributed by atoms with Gasteiger partial charge >= 0.3 is 0 Å². The molecule has 0 radical (unpaired) electrons. The first kappa shape index (κ1) is 22.5. The summed E-state index contributed by atoms with van der Waals surface area (Å²) in [6.07, 6.45) is 4.16. The highest BCUT2D eigenvalue weighted by Gasteiger charge is 2.22. The molecule has 0 atom stereocenters.